The summed E-state index contributed by atoms with van der Waals surface area (Å²) in [5, 5.41) is 3.66. The van der Waals surface area contributed by atoms with Gasteiger partial charge in [0.25, 0.3) is 5.89 Å². The Bertz CT molecular complexity index is 569. The van der Waals surface area contributed by atoms with Crippen LogP contribution in [-0.4, -0.2) is 15.1 Å². The van der Waals surface area contributed by atoms with Crippen LogP contribution in [-0.2, 0) is 11.7 Å². The maximum atomic E-state index is 12.4. The summed E-state index contributed by atoms with van der Waals surface area (Å²) in [6.07, 6.45) is -3.71. The number of nitrogens with two attached hydrogens (primary N) is 1. The zero-order chi connectivity index (χ0) is 14.3. The summed E-state index contributed by atoms with van der Waals surface area (Å²) in [5.74, 6) is 0.284. The highest BCUT2D eigenvalue weighted by molar-refractivity contribution is 5.46. The normalized spacial score (nSPS) is 12.7. The van der Waals surface area contributed by atoms with Gasteiger partial charge in [0, 0.05) is 6.20 Å². The topological polar surface area (TPSA) is 77.8 Å². The van der Waals surface area contributed by atoms with Crippen LogP contribution in [0.4, 0.5) is 13.2 Å². The fourth-order valence-electron chi connectivity index (χ4n) is 1.28. The first-order chi connectivity index (χ1) is 8.68. The molecule has 0 aromatic carbocycles. The first-order valence-electron chi connectivity index (χ1n) is 5.34. The van der Waals surface area contributed by atoms with Gasteiger partial charge in [0.1, 0.15) is 5.69 Å². The van der Waals surface area contributed by atoms with Crippen LogP contribution in [0.5, 0.6) is 0 Å². The van der Waals surface area contributed by atoms with E-state index in [1.807, 2.05) is 0 Å². The van der Waals surface area contributed by atoms with E-state index in [1.54, 1.807) is 13.8 Å². The van der Waals surface area contributed by atoms with E-state index in [0.717, 1.165) is 6.07 Å². The van der Waals surface area contributed by atoms with Crippen LogP contribution in [0, 0.1) is 0 Å². The van der Waals surface area contributed by atoms with E-state index in [2.05, 4.69) is 15.1 Å². The van der Waals surface area contributed by atoms with Gasteiger partial charge in [0.2, 0.25) is 0 Å². The van der Waals surface area contributed by atoms with Gasteiger partial charge >= 0.3 is 6.18 Å². The summed E-state index contributed by atoms with van der Waals surface area (Å²) in [6, 6.07) is 2.07. The van der Waals surface area contributed by atoms with Gasteiger partial charge in [-0.25, -0.2) is 0 Å². The second-order valence-corrected chi connectivity index (χ2v) is 4.57. The molecular formula is C11H11F3N4O. The summed E-state index contributed by atoms with van der Waals surface area (Å²) in [5.41, 5.74) is 4.30. The molecule has 0 amide bonds. The Morgan fingerprint density at radius 1 is 1.21 bits per heavy atom. The van der Waals surface area contributed by atoms with Crippen molar-refractivity contribution >= 4 is 0 Å². The molecular weight excluding hydrogens is 261 g/mol. The number of nitrogens with zero attached hydrogens (tertiary/aromatic N) is 3. The molecule has 0 spiro atoms. The highest BCUT2D eigenvalue weighted by Gasteiger charge is 2.31. The molecule has 0 unspecified atom stereocenters. The third kappa shape index (κ3) is 2.90. The summed E-state index contributed by atoms with van der Waals surface area (Å²) in [6.45, 7) is 3.36. The Labute approximate surface area is 106 Å². The monoisotopic (exact) mass is 272 g/mol. The lowest BCUT2D eigenvalue weighted by Crippen LogP contribution is -2.30. The van der Waals surface area contributed by atoms with E-state index in [1.165, 1.54) is 6.07 Å². The molecule has 0 aliphatic heterocycles. The van der Waals surface area contributed by atoms with Crippen molar-refractivity contribution in [1.29, 1.82) is 0 Å². The largest absolute Gasteiger partial charge is 0.417 e. The van der Waals surface area contributed by atoms with E-state index < -0.39 is 17.3 Å². The highest BCUT2D eigenvalue weighted by atomic mass is 19.4. The summed E-state index contributed by atoms with van der Waals surface area (Å²) < 4.78 is 42.0. The summed E-state index contributed by atoms with van der Waals surface area (Å²) >= 11 is 0. The van der Waals surface area contributed by atoms with E-state index in [9.17, 15) is 13.2 Å². The lowest BCUT2D eigenvalue weighted by atomic mass is 10.1. The standard InChI is InChI=1S/C11H11F3N4O/c1-10(2,15)9-17-8(19-18-9)7-4-3-6(5-16-7)11(12,13)14/h3-5H,15H2,1-2H3. The number of rotatable bonds is 2. The quantitative estimate of drug-likeness (QED) is 0.907. The van der Waals surface area contributed by atoms with Gasteiger partial charge < -0.3 is 10.3 Å². The Morgan fingerprint density at radius 3 is 2.32 bits per heavy atom. The summed E-state index contributed by atoms with van der Waals surface area (Å²) in [7, 11) is 0. The minimum Gasteiger partial charge on any atom is -0.332 e. The molecule has 0 aliphatic carbocycles. The predicted molar refractivity (Wildman–Crippen MR) is 59.7 cm³/mol. The van der Waals surface area contributed by atoms with Crippen LogP contribution in [0.3, 0.4) is 0 Å². The molecule has 19 heavy (non-hydrogen) atoms. The molecule has 2 N–H and O–H groups in total. The van der Waals surface area contributed by atoms with Crippen LogP contribution >= 0.6 is 0 Å². The van der Waals surface area contributed by atoms with Crippen molar-refractivity contribution in [2.45, 2.75) is 25.6 Å². The molecule has 0 radical (unpaired) electrons. The van der Waals surface area contributed by atoms with Crippen molar-refractivity contribution in [3.05, 3.63) is 29.7 Å². The fourth-order valence-corrected chi connectivity index (χ4v) is 1.28. The fraction of sp³-hybridized carbons (Fsp3) is 0.364. The molecule has 0 fully saturated rings. The summed E-state index contributed by atoms with van der Waals surface area (Å²) in [4.78, 5) is 7.65. The molecule has 2 heterocycles. The van der Waals surface area contributed by atoms with E-state index in [0.29, 0.717) is 6.20 Å². The van der Waals surface area contributed by atoms with Gasteiger partial charge in [-0.3, -0.25) is 4.98 Å². The Morgan fingerprint density at radius 2 is 1.89 bits per heavy atom. The Kier molecular flexibility index (Phi) is 3.05. The highest BCUT2D eigenvalue weighted by Crippen LogP contribution is 2.29. The molecule has 2 aromatic heterocycles. The van der Waals surface area contributed by atoms with Crippen LogP contribution < -0.4 is 5.73 Å². The van der Waals surface area contributed by atoms with Crippen LogP contribution in [0.25, 0.3) is 11.6 Å². The molecule has 2 rings (SSSR count). The van der Waals surface area contributed by atoms with E-state index >= 15 is 0 Å². The predicted octanol–water partition coefficient (Wildman–Crippen LogP) is 2.34. The average Bonchev–Trinajstić information content (AvgIpc) is 2.77. The molecule has 0 aliphatic rings. The van der Waals surface area contributed by atoms with Gasteiger partial charge in [-0.15, -0.1) is 0 Å². The maximum absolute atomic E-state index is 12.4. The minimum absolute atomic E-state index is 0.0299. The average molecular weight is 272 g/mol. The number of pyridine rings is 1. The van der Waals surface area contributed by atoms with Crippen LogP contribution in [0.1, 0.15) is 25.2 Å². The molecule has 0 saturated heterocycles. The Hall–Kier alpha value is -1.96. The van der Waals surface area contributed by atoms with Crippen molar-refractivity contribution in [3.8, 4) is 11.6 Å². The number of hydrogen-bond donors (Lipinski definition) is 1. The molecule has 0 saturated carbocycles. The first-order valence-corrected chi connectivity index (χ1v) is 5.34. The molecule has 0 bridgehead atoms. The van der Waals surface area contributed by atoms with Gasteiger partial charge in [-0.2, -0.15) is 18.2 Å². The van der Waals surface area contributed by atoms with Crippen LogP contribution in [0.2, 0.25) is 0 Å². The van der Waals surface area contributed by atoms with E-state index in [4.69, 9.17) is 10.3 Å². The first kappa shape index (κ1) is 13.5. The minimum atomic E-state index is -4.43. The molecule has 5 nitrogen and oxygen atoms in total. The number of hydrogen-bond acceptors (Lipinski definition) is 5. The second-order valence-electron chi connectivity index (χ2n) is 4.57. The van der Waals surface area contributed by atoms with Crippen molar-refractivity contribution < 1.29 is 17.7 Å². The third-order valence-electron chi connectivity index (χ3n) is 2.31. The number of halogens is 3. The zero-order valence-corrected chi connectivity index (χ0v) is 10.2. The lowest BCUT2D eigenvalue weighted by molar-refractivity contribution is -0.137. The molecule has 102 valence electrons. The lowest BCUT2D eigenvalue weighted by Gasteiger charge is -2.11. The van der Waals surface area contributed by atoms with Gasteiger partial charge in [-0.05, 0) is 26.0 Å². The van der Waals surface area contributed by atoms with Crippen molar-refractivity contribution in [2.75, 3.05) is 0 Å². The van der Waals surface area contributed by atoms with Crippen molar-refractivity contribution in [3.63, 3.8) is 0 Å². The molecule has 2 aromatic rings. The second kappa shape index (κ2) is 4.30. The number of alkyl halides is 3. The number of aromatic nitrogens is 3. The van der Waals surface area contributed by atoms with Crippen molar-refractivity contribution in [2.24, 2.45) is 5.73 Å². The van der Waals surface area contributed by atoms with Gasteiger partial charge in [0.05, 0.1) is 11.1 Å². The third-order valence-corrected chi connectivity index (χ3v) is 2.31. The Balaban J connectivity index is 2.31. The van der Waals surface area contributed by atoms with Crippen molar-refractivity contribution in [1.82, 2.24) is 15.1 Å². The van der Waals surface area contributed by atoms with E-state index in [-0.39, 0.29) is 17.4 Å². The van der Waals surface area contributed by atoms with Gasteiger partial charge in [-0.1, -0.05) is 5.16 Å². The van der Waals surface area contributed by atoms with Gasteiger partial charge in [0.15, 0.2) is 5.82 Å². The molecule has 8 heteroatoms. The SMILES string of the molecule is CC(C)(N)c1noc(-c2ccc(C(F)(F)F)cn2)n1. The van der Waals surface area contributed by atoms with Crippen LogP contribution in [0.15, 0.2) is 22.9 Å². The zero-order valence-electron chi connectivity index (χ0n) is 10.2. The maximum Gasteiger partial charge on any atom is 0.417 e. The smallest absolute Gasteiger partial charge is 0.332 e. The molecule has 0 atom stereocenters.